The number of rotatable bonds is 5. The average Bonchev–Trinajstić information content (AvgIpc) is 3.28. The monoisotopic (exact) mass is 466 g/mol. The van der Waals surface area contributed by atoms with E-state index in [-0.39, 0.29) is 12.3 Å². The van der Waals surface area contributed by atoms with Crippen molar-refractivity contribution in [3.8, 4) is 16.3 Å². The minimum Gasteiger partial charge on any atom is -0.323 e. The summed E-state index contributed by atoms with van der Waals surface area (Å²) < 4.78 is 2.85. The Morgan fingerprint density at radius 1 is 1.14 bits per heavy atom. The van der Waals surface area contributed by atoms with Crippen LogP contribution in [0.3, 0.4) is 0 Å². The lowest BCUT2D eigenvalue weighted by Gasteiger charge is -2.06. The second-order valence-electron chi connectivity index (χ2n) is 6.67. The minimum absolute atomic E-state index is 0.102. The van der Waals surface area contributed by atoms with Crippen molar-refractivity contribution in [3.05, 3.63) is 81.5 Å². The number of halogens is 1. The topological polar surface area (TPSA) is 59.8 Å². The van der Waals surface area contributed by atoms with Crippen molar-refractivity contribution < 1.29 is 4.79 Å². The molecule has 5 nitrogen and oxygen atoms in total. The number of nitrogens with one attached hydrogen (secondary N) is 1. The van der Waals surface area contributed by atoms with Crippen LogP contribution >= 0.6 is 27.3 Å². The van der Waals surface area contributed by atoms with Gasteiger partial charge in [0.15, 0.2) is 0 Å². The number of aromatic nitrogens is 3. The molecule has 4 aromatic rings. The van der Waals surface area contributed by atoms with Gasteiger partial charge in [0.05, 0.1) is 34.9 Å². The zero-order chi connectivity index (χ0) is 20.4. The zero-order valence-electron chi connectivity index (χ0n) is 16.0. The van der Waals surface area contributed by atoms with Gasteiger partial charge in [-0.3, -0.25) is 4.79 Å². The fraction of sp³-hybridized carbons (Fsp3) is 0.136. The third-order valence-electron chi connectivity index (χ3n) is 4.52. The quantitative estimate of drug-likeness (QED) is 0.418. The van der Waals surface area contributed by atoms with Crippen LogP contribution in [0.15, 0.2) is 64.5 Å². The largest absolute Gasteiger partial charge is 0.323 e. The van der Waals surface area contributed by atoms with Crippen molar-refractivity contribution in [2.24, 2.45) is 0 Å². The van der Waals surface area contributed by atoms with Gasteiger partial charge in [0.25, 0.3) is 0 Å². The molecule has 0 aliphatic carbocycles. The SMILES string of the molecule is Cc1nn(-c2ccccc2)c(C)c1NC(=O)Cc1csc(-c2cccc(Br)c2)n1. The smallest absolute Gasteiger partial charge is 0.230 e. The van der Waals surface area contributed by atoms with Crippen LogP contribution < -0.4 is 5.32 Å². The maximum atomic E-state index is 12.6. The maximum absolute atomic E-state index is 12.6. The van der Waals surface area contributed by atoms with Crippen LogP contribution in [-0.2, 0) is 11.2 Å². The molecular weight excluding hydrogens is 448 g/mol. The van der Waals surface area contributed by atoms with E-state index in [4.69, 9.17) is 0 Å². The van der Waals surface area contributed by atoms with Gasteiger partial charge >= 0.3 is 0 Å². The molecule has 0 fully saturated rings. The number of carbonyl (C=O) groups excluding carboxylic acids is 1. The molecule has 2 aromatic heterocycles. The molecule has 146 valence electrons. The first-order valence-corrected chi connectivity index (χ1v) is 10.8. The van der Waals surface area contributed by atoms with E-state index in [0.29, 0.717) is 0 Å². The zero-order valence-corrected chi connectivity index (χ0v) is 18.4. The third kappa shape index (κ3) is 4.31. The number of carbonyl (C=O) groups is 1. The van der Waals surface area contributed by atoms with Crippen molar-refractivity contribution in [1.29, 1.82) is 0 Å². The Morgan fingerprint density at radius 3 is 2.69 bits per heavy atom. The highest BCUT2D eigenvalue weighted by Gasteiger charge is 2.16. The lowest BCUT2D eigenvalue weighted by Crippen LogP contribution is -2.15. The van der Waals surface area contributed by atoms with E-state index in [1.807, 2.05) is 78.5 Å². The first kappa shape index (κ1) is 19.5. The Labute approximate surface area is 181 Å². The fourth-order valence-electron chi connectivity index (χ4n) is 3.13. The van der Waals surface area contributed by atoms with Crippen molar-refractivity contribution in [1.82, 2.24) is 14.8 Å². The first-order chi connectivity index (χ1) is 14.0. The van der Waals surface area contributed by atoms with Gasteiger partial charge in [0.2, 0.25) is 5.91 Å². The summed E-state index contributed by atoms with van der Waals surface area (Å²) in [5.41, 5.74) is 5.19. The Hall–Kier alpha value is -2.77. The summed E-state index contributed by atoms with van der Waals surface area (Å²) in [6.07, 6.45) is 0.222. The number of anilines is 1. The van der Waals surface area contributed by atoms with Crippen molar-refractivity contribution >= 4 is 38.9 Å². The van der Waals surface area contributed by atoms with Gasteiger partial charge in [-0.15, -0.1) is 11.3 Å². The number of aryl methyl sites for hydroxylation is 1. The molecule has 0 saturated carbocycles. The summed E-state index contributed by atoms with van der Waals surface area (Å²) >= 11 is 5.02. The number of hydrogen-bond donors (Lipinski definition) is 1. The van der Waals surface area contributed by atoms with Gasteiger partial charge in [-0.2, -0.15) is 5.10 Å². The molecule has 29 heavy (non-hydrogen) atoms. The standard InChI is InChI=1S/C22H19BrN4OS/c1-14-21(15(2)27(26-14)19-9-4-3-5-10-19)25-20(28)12-18-13-29-22(24-18)16-7-6-8-17(23)11-16/h3-11,13H,12H2,1-2H3,(H,25,28). The first-order valence-electron chi connectivity index (χ1n) is 9.13. The molecule has 0 bridgehead atoms. The molecule has 2 aromatic carbocycles. The number of hydrogen-bond acceptors (Lipinski definition) is 4. The predicted molar refractivity (Wildman–Crippen MR) is 121 cm³/mol. The number of benzene rings is 2. The molecular formula is C22H19BrN4OS. The molecule has 0 aliphatic rings. The van der Waals surface area contributed by atoms with E-state index >= 15 is 0 Å². The van der Waals surface area contributed by atoms with Crippen LogP contribution in [0.5, 0.6) is 0 Å². The van der Waals surface area contributed by atoms with E-state index in [0.717, 1.165) is 43.5 Å². The molecule has 4 rings (SSSR count). The number of nitrogens with zero attached hydrogens (tertiary/aromatic N) is 3. The molecule has 0 atom stereocenters. The average molecular weight is 467 g/mol. The van der Waals surface area contributed by atoms with Gasteiger partial charge < -0.3 is 5.32 Å². The number of para-hydroxylation sites is 1. The summed E-state index contributed by atoms with van der Waals surface area (Å²) in [6, 6.07) is 17.9. The fourth-order valence-corrected chi connectivity index (χ4v) is 4.35. The van der Waals surface area contributed by atoms with Gasteiger partial charge in [-0.05, 0) is 38.1 Å². The normalized spacial score (nSPS) is 10.9. The molecule has 0 radical (unpaired) electrons. The van der Waals surface area contributed by atoms with E-state index in [1.54, 1.807) is 0 Å². The van der Waals surface area contributed by atoms with Gasteiger partial charge in [0.1, 0.15) is 5.01 Å². The van der Waals surface area contributed by atoms with Crippen LogP contribution in [0.1, 0.15) is 17.1 Å². The van der Waals surface area contributed by atoms with Crippen LogP contribution in [-0.4, -0.2) is 20.7 Å². The molecule has 0 aliphatic heterocycles. The summed E-state index contributed by atoms with van der Waals surface area (Å²) in [5, 5.41) is 10.4. The molecule has 7 heteroatoms. The molecule has 2 heterocycles. The number of thiazole rings is 1. The molecule has 1 amide bonds. The Morgan fingerprint density at radius 2 is 1.93 bits per heavy atom. The highest BCUT2D eigenvalue weighted by Crippen LogP contribution is 2.27. The van der Waals surface area contributed by atoms with E-state index < -0.39 is 0 Å². The van der Waals surface area contributed by atoms with Gasteiger partial charge in [-0.1, -0.05) is 46.3 Å². The van der Waals surface area contributed by atoms with Crippen LogP contribution in [0.4, 0.5) is 5.69 Å². The van der Waals surface area contributed by atoms with Gasteiger partial charge in [-0.25, -0.2) is 9.67 Å². The predicted octanol–water partition coefficient (Wildman–Crippen LogP) is 5.56. The van der Waals surface area contributed by atoms with Crippen molar-refractivity contribution in [3.63, 3.8) is 0 Å². The Bertz CT molecular complexity index is 1170. The summed E-state index contributed by atoms with van der Waals surface area (Å²) in [7, 11) is 0. The second-order valence-corrected chi connectivity index (χ2v) is 8.45. The van der Waals surface area contributed by atoms with E-state index in [1.165, 1.54) is 11.3 Å². The van der Waals surface area contributed by atoms with Crippen molar-refractivity contribution in [2.45, 2.75) is 20.3 Å². The van der Waals surface area contributed by atoms with Crippen LogP contribution in [0.25, 0.3) is 16.3 Å². The maximum Gasteiger partial charge on any atom is 0.230 e. The molecule has 1 N–H and O–H groups in total. The molecule has 0 unspecified atom stereocenters. The number of amides is 1. The Kier molecular flexibility index (Phi) is 5.60. The van der Waals surface area contributed by atoms with E-state index in [9.17, 15) is 4.79 Å². The van der Waals surface area contributed by atoms with Crippen LogP contribution in [0.2, 0.25) is 0 Å². The molecule has 0 spiro atoms. The Balaban J connectivity index is 1.49. The minimum atomic E-state index is -0.102. The lowest BCUT2D eigenvalue weighted by molar-refractivity contribution is -0.115. The third-order valence-corrected chi connectivity index (χ3v) is 5.95. The van der Waals surface area contributed by atoms with Crippen LogP contribution in [0, 0.1) is 13.8 Å². The van der Waals surface area contributed by atoms with Crippen molar-refractivity contribution in [2.75, 3.05) is 5.32 Å². The van der Waals surface area contributed by atoms with Gasteiger partial charge in [0, 0.05) is 15.4 Å². The molecule has 0 saturated heterocycles. The second kappa shape index (κ2) is 8.31. The summed E-state index contributed by atoms with van der Waals surface area (Å²) in [4.78, 5) is 17.3. The highest BCUT2D eigenvalue weighted by molar-refractivity contribution is 9.10. The summed E-state index contributed by atoms with van der Waals surface area (Å²) in [6.45, 7) is 3.85. The highest BCUT2D eigenvalue weighted by atomic mass is 79.9. The van der Waals surface area contributed by atoms with E-state index in [2.05, 4.69) is 31.3 Å². The lowest BCUT2D eigenvalue weighted by atomic mass is 10.2. The summed E-state index contributed by atoms with van der Waals surface area (Å²) in [5.74, 6) is -0.102.